The fourth-order valence-electron chi connectivity index (χ4n) is 0.874. The van der Waals surface area contributed by atoms with Crippen molar-refractivity contribution in [2.75, 3.05) is 0 Å². The first-order valence-electron chi connectivity index (χ1n) is 3.63. The number of alkyl halides is 3. The Bertz CT molecular complexity index is 331. The van der Waals surface area contributed by atoms with Crippen LogP contribution in [0.4, 0.5) is 13.2 Å². The van der Waals surface area contributed by atoms with Crippen molar-refractivity contribution >= 4 is 5.97 Å². The van der Waals surface area contributed by atoms with E-state index in [9.17, 15) is 18.0 Å². The maximum atomic E-state index is 11.8. The van der Waals surface area contributed by atoms with Crippen LogP contribution in [-0.2, 0) is 6.42 Å². The SMILES string of the molecule is O=C(O)c1conc1CCC(F)(F)F. The molecule has 1 aromatic rings. The number of nitrogens with zero attached hydrogens (tertiary/aromatic N) is 1. The summed E-state index contributed by atoms with van der Waals surface area (Å²) in [7, 11) is 0. The minimum atomic E-state index is -4.32. The Morgan fingerprint density at radius 2 is 2.21 bits per heavy atom. The van der Waals surface area contributed by atoms with Crippen LogP contribution >= 0.6 is 0 Å². The molecule has 0 unspecified atom stereocenters. The van der Waals surface area contributed by atoms with Crippen molar-refractivity contribution in [3.63, 3.8) is 0 Å². The van der Waals surface area contributed by atoms with Gasteiger partial charge in [-0.1, -0.05) is 5.16 Å². The lowest BCUT2D eigenvalue weighted by molar-refractivity contribution is -0.134. The predicted molar refractivity (Wildman–Crippen MR) is 37.8 cm³/mol. The average molecular weight is 209 g/mol. The van der Waals surface area contributed by atoms with Gasteiger partial charge in [-0.2, -0.15) is 13.2 Å². The van der Waals surface area contributed by atoms with Crippen molar-refractivity contribution in [1.29, 1.82) is 0 Å². The number of aromatic nitrogens is 1. The van der Waals surface area contributed by atoms with Crippen molar-refractivity contribution in [3.05, 3.63) is 17.5 Å². The molecule has 0 aliphatic carbocycles. The molecule has 0 aliphatic rings. The van der Waals surface area contributed by atoms with E-state index >= 15 is 0 Å². The Hall–Kier alpha value is -1.53. The van der Waals surface area contributed by atoms with Crippen molar-refractivity contribution in [2.24, 2.45) is 0 Å². The summed E-state index contributed by atoms with van der Waals surface area (Å²) in [6, 6.07) is 0. The van der Waals surface area contributed by atoms with Crippen LogP contribution < -0.4 is 0 Å². The average Bonchev–Trinajstić information content (AvgIpc) is 2.46. The monoisotopic (exact) mass is 209 g/mol. The van der Waals surface area contributed by atoms with Crippen molar-refractivity contribution < 1.29 is 27.6 Å². The highest BCUT2D eigenvalue weighted by molar-refractivity contribution is 5.88. The zero-order valence-corrected chi connectivity index (χ0v) is 6.84. The zero-order valence-electron chi connectivity index (χ0n) is 6.84. The lowest BCUT2D eigenvalue weighted by Crippen LogP contribution is -2.10. The summed E-state index contributed by atoms with van der Waals surface area (Å²) in [5, 5.41) is 11.7. The molecule has 0 aliphatic heterocycles. The van der Waals surface area contributed by atoms with E-state index < -0.39 is 25.0 Å². The van der Waals surface area contributed by atoms with Crippen molar-refractivity contribution in [1.82, 2.24) is 5.16 Å². The van der Waals surface area contributed by atoms with E-state index in [4.69, 9.17) is 5.11 Å². The molecule has 0 atom stereocenters. The smallest absolute Gasteiger partial charge is 0.389 e. The number of aryl methyl sites for hydroxylation is 1. The molecule has 1 aromatic heterocycles. The highest BCUT2D eigenvalue weighted by Crippen LogP contribution is 2.22. The van der Waals surface area contributed by atoms with E-state index in [1.165, 1.54) is 0 Å². The molecule has 0 radical (unpaired) electrons. The van der Waals surface area contributed by atoms with Gasteiger partial charge in [0.15, 0.2) is 0 Å². The Kier molecular flexibility index (Phi) is 2.78. The van der Waals surface area contributed by atoms with Crippen LogP contribution in [0.15, 0.2) is 10.8 Å². The molecule has 0 aromatic carbocycles. The minimum absolute atomic E-state index is 0.185. The quantitative estimate of drug-likeness (QED) is 0.825. The number of carbonyl (C=O) groups is 1. The van der Waals surface area contributed by atoms with Crippen LogP contribution in [0, 0.1) is 0 Å². The van der Waals surface area contributed by atoms with Gasteiger partial charge in [0.25, 0.3) is 0 Å². The number of rotatable bonds is 3. The molecule has 14 heavy (non-hydrogen) atoms. The van der Waals surface area contributed by atoms with Gasteiger partial charge >= 0.3 is 12.1 Å². The Morgan fingerprint density at radius 1 is 1.57 bits per heavy atom. The topological polar surface area (TPSA) is 63.3 Å². The van der Waals surface area contributed by atoms with E-state index in [0.717, 1.165) is 6.26 Å². The third kappa shape index (κ3) is 2.75. The fourth-order valence-corrected chi connectivity index (χ4v) is 0.874. The molecule has 0 saturated carbocycles. The highest BCUT2D eigenvalue weighted by atomic mass is 19.4. The first kappa shape index (κ1) is 10.6. The lowest BCUT2D eigenvalue weighted by Gasteiger charge is -2.03. The van der Waals surface area contributed by atoms with Gasteiger partial charge in [0, 0.05) is 12.8 Å². The number of carboxylic acid groups (broad SMARTS) is 1. The van der Waals surface area contributed by atoms with Crippen LogP contribution in [0.1, 0.15) is 22.5 Å². The molecule has 0 bridgehead atoms. The molecule has 0 amide bonds. The maximum Gasteiger partial charge on any atom is 0.389 e. The molecule has 7 heteroatoms. The first-order valence-corrected chi connectivity index (χ1v) is 3.63. The third-order valence-electron chi connectivity index (χ3n) is 1.52. The van der Waals surface area contributed by atoms with Crippen LogP contribution in [0.3, 0.4) is 0 Å². The first-order chi connectivity index (χ1) is 6.40. The Balaban J connectivity index is 2.68. The van der Waals surface area contributed by atoms with Gasteiger partial charge < -0.3 is 9.63 Å². The van der Waals surface area contributed by atoms with Gasteiger partial charge in [0.1, 0.15) is 11.8 Å². The summed E-state index contributed by atoms with van der Waals surface area (Å²) in [4.78, 5) is 10.4. The van der Waals surface area contributed by atoms with Gasteiger partial charge in [0.2, 0.25) is 0 Å². The van der Waals surface area contributed by atoms with E-state index in [-0.39, 0.29) is 11.3 Å². The minimum Gasteiger partial charge on any atom is -0.478 e. The summed E-state index contributed by atoms with van der Waals surface area (Å²) in [6.45, 7) is 0. The Labute approximate surface area is 76.3 Å². The number of carboxylic acids is 1. The third-order valence-corrected chi connectivity index (χ3v) is 1.52. The zero-order chi connectivity index (χ0) is 10.8. The van der Waals surface area contributed by atoms with Gasteiger partial charge in [-0.15, -0.1) is 0 Å². The highest BCUT2D eigenvalue weighted by Gasteiger charge is 2.28. The van der Waals surface area contributed by atoms with Crippen molar-refractivity contribution in [3.8, 4) is 0 Å². The second kappa shape index (κ2) is 3.69. The van der Waals surface area contributed by atoms with Crippen LogP contribution in [0.5, 0.6) is 0 Å². The fraction of sp³-hybridized carbons (Fsp3) is 0.429. The number of halogens is 3. The molecule has 1 heterocycles. The molecular formula is C7H6F3NO3. The summed E-state index contributed by atoms with van der Waals surface area (Å²) in [5.74, 6) is -1.34. The maximum absolute atomic E-state index is 11.8. The van der Waals surface area contributed by atoms with E-state index in [1.54, 1.807) is 0 Å². The van der Waals surface area contributed by atoms with Crippen LogP contribution in [0.25, 0.3) is 0 Å². The number of hydrogen-bond donors (Lipinski definition) is 1. The molecule has 0 spiro atoms. The van der Waals surface area contributed by atoms with E-state index in [0.29, 0.717) is 0 Å². The second-order valence-electron chi connectivity index (χ2n) is 2.60. The molecule has 78 valence electrons. The van der Waals surface area contributed by atoms with Gasteiger partial charge in [-0.3, -0.25) is 0 Å². The summed E-state index contributed by atoms with van der Waals surface area (Å²) in [6.07, 6.45) is -5.11. The Morgan fingerprint density at radius 3 is 2.71 bits per heavy atom. The van der Waals surface area contributed by atoms with Gasteiger partial charge in [-0.05, 0) is 0 Å². The van der Waals surface area contributed by atoms with Gasteiger partial charge in [0.05, 0.1) is 5.69 Å². The van der Waals surface area contributed by atoms with Crippen LogP contribution in [0.2, 0.25) is 0 Å². The lowest BCUT2D eigenvalue weighted by atomic mass is 10.1. The van der Waals surface area contributed by atoms with E-state index in [1.807, 2.05) is 0 Å². The second-order valence-corrected chi connectivity index (χ2v) is 2.60. The van der Waals surface area contributed by atoms with Crippen LogP contribution in [-0.4, -0.2) is 22.4 Å². The molecule has 1 rings (SSSR count). The summed E-state index contributed by atoms with van der Waals surface area (Å²) >= 11 is 0. The van der Waals surface area contributed by atoms with Gasteiger partial charge in [-0.25, -0.2) is 4.79 Å². The summed E-state index contributed by atoms with van der Waals surface area (Å²) < 4.78 is 39.6. The standard InChI is InChI=1S/C7H6F3NO3/c8-7(9,10)2-1-5-4(6(12)13)3-14-11-5/h3H,1-2H2,(H,12,13). The molecule has 0 saturated heterocycles. The number of hydrogen-bond acceptors (Lipinski definition) is 3. The molecule has 0 fully saturated rings. The number of aromatic carboxylic acids is 1. The predicted octanol–water partition coefficient (Wildman–Crippen LogP) is 1.87. The summed E-state index contributed by atoms with van der Waals surface area (Å²) in [5.41, 5.74) is -0.510. The molecule has 1 N–H and O–H groups in total. The molecular weight excluding hydrogens is 203 g/mol. The molecule has 4 nitrogen and oxygen atoms in total. The normalized spacial score (nSPS) is 11.6. The van der Waals surface area contributed by atoms with E-state index in [2.05, 4.69) is 9.68 Å². The van der Waals surface area contributed by atoms with Crippen molar-refractivity contribution in [2.45, 2.75) is 19.0 Å². The largest absolute Gasteiger partial charge is 0.478 e.